The smallest absolute Gasteiger partial charge is 0.328 e. The summed E-state index contributed by atoms with van der Waals surface area (Å²) in [5.74, 6) is -0.981. The molecule has 28 heavy (non-hydrogen) atoms. The van der Waals surface area contributed by atoms with Crippen LogP contribution in [0.15, 0.2) is 48.5 Å². The maximum absolute atomic E-state index is 13.1. The molecule has 146 valence electrons. The molecular weight excluding hydrogens is 348 g/mol. The van der Waals surface area contributed by atoms with Crippen LogP contribution < -0.4 is 0 Å². The van der Waals surface area contributed by atoms with Gasteiger partial charge in [0.25, 0.3) is 0 Å². The number of carboxylic acid groups (broad SMARTS) is 1. The second kappa shape index (κ2) is 7.05. The summed E-state index contributed by atoms with van der Waals surface area (Å²) in [6, 6.07) is 13.3. The van der Waals surface area contributed by atoms with Crippen LogP contribution in [0.25, 0.3) is 5.57 Å². The van der Waals surface area contributed by atoms with Crippen LogP contribution in [0, 0.1) is 0 Å². The van der Waals surface area contributed by atoms with Gasteiger partial charge in [0.15, 0.2) is 5.78 Å². The van der Waals surface area contributed by atoms with Crippen LogP contribution in [0.1, 0.15) is 80.1 Å². The molecule has 3 rings (SSSR count). The third-order valence-corrected chi connectivity index (χ3v) is 6.06. The summed E-state index contributed by atoms with van der Waals surface area (Å²) < 4.78 is 0. The third-order valence-electron chi connectivity index (χ3n) is 6.06. The molecule has 0 atom stereocenters. The second-order valence-corrected chi connectivity index (χ2v) is 9.10. The number of hydrogen-bond acceptors (Lipinski definition) is 2. The lowest BCUT2D eigenvalue weighted by atomic mass is 9.63. The van der Waals surface area contributed by atoms with Gasteiger partial charge in [0, 0.05) is 17.2 Å². The average Bonchev–Trinajstić information content (AvgIpc) is 2.64. The maximum atomic E-state index is 13.1. The summed E-state index contributed by atoms with van der Waals surface area (Å²) in [5.41, 5.74) is 5.56. The topological polar surface area (TPSA) is 54.4 Å². The number of carbonyl (C=O) groups is 2. The monoisotopic (exact) mass is 376 g/mol. The molecule has 1 aliphatic carbocycles. The molecule has 0 amide bonds. The van der Waals surface area contributed by atoms with Crippen molar-refractivity contribution in [3.05, 3.63) is 76.4 Å². The van der Waals surface area contributed by atoms with Crippen molar-refractivity contribution in [2.24, 2.45) is 0 Å². The zero-order valence-electron chi connectivity index (χ0n) is 17.3. The Kier molecular flexibility index (Phi) is 5.05. The van der Waals surface area contributed by atoms with Gasteiger partial charge in [-0.15, -0.1) is 0 Å². The normalized spacial score (nSPS) is 17.7. The highest BCUT2D eigenvalue weighted by molar-refractivity contribution is 6.09. The second-order valence-electron chi connectivity index (χ2n) is 9.10. The zero-order chi connectivity index (χ0) is 20.7. The lowest BCUT2D eigenvalue weighted by Crippen LogP contribution is -2.34. The first-order chi connectivity index (χ1) is 13.0. The van der Waals surface area contributed by atoms with E-state index in [2.05, 4.69) is 39.8 Å². The first-order valence-corrected chi connectivity index (χ1v) is 9.73. The Hall–Kier alpha value is -2.68. The standard InChI is InChI=1S/C25H28O3/c1-16(14-22(26)27)17-6-8-18(9-7-17)23(28)19-10-11-20-21(15-19)25(4,5)13-12-24(20,2)3/h6-11,14-15H,12-13H2,1-5H3,(H,26,27)/b16-14+. The largest absolute Gasteiger partial charge is 0.478 e. The van der Waals surface area contributed by atoms with Gasteiger partial charge >= 0.3 is 5.97 Å². The molecular formula is C25H28O3. The van der Waals surface area contributed by atoms with Gasteiger partial charge in [0.05, 0.1) is 0 Å². The SMILES string of the molecule is C/C(=C\C(=O)O)c1ccc(C(=O)c2ccc3c(c2)C(C)(C)CCC3(C)C)cc1. The summed E-state index contributed by atoms with van der Waals surface area (Å²) in [6.45, 7) is 10.8. The summed E-state index contributed by atoms with van der Waals surface area (Å²) >= 11 is 0. The summed E-state index contributed by atoms with van der Waals surface area (Å²) in [6.07, 6.45) is 3.42. The van der Waals surface area contributed by atoms with Crippen molar-refractivity contribution in [2.45, 2.75) is 58.3 Å². The highest BCUT2D eigenvalue weighted by atomic mass is 16.4. The van der Waals surface area contributed by atoms with Crippen molar-refractivity contribution < 1.29 is 14.7 Å². The number of rotatable bonds is 4. The number of carboxylic acids is 1. The fourth-order valence-electron chi connectivity index (χ4n) is 4.05. The minimum Gasteiger partial charge on any atom is -0.478 e. The Balaban J connectivity index is 1.95. The molecule has 0 saturated carbocycles. The number of carbonyl (C=O) groups excluding carboxylic acids is 1. The third kappa shape index (κ3) is 3.80. The molecule has 3 heteroatoms. The summed E-state index contributed by atoms with van der Waals surface area (Å²) in [4.78, 5) is 23.9. The number of hydrogen-bond donors (Lipinski definition) is 1. The van der Waals surface area contributed by atoms with Gasteiger partial charge in [-0.2, -0.15) is 0 Å². The van der Waals surface area contributed by atoms with Crippen molar-refractivity contribution in [2.75, 3.05) is 0 Å². The number of ketones is 1. The van der Waals surface area contributed by atoms with E-state index in [0.29, 0.717) is 16.7 Å². The predicted molar refractivity (Wildman–Crippen MR) is 113 cm³/mol. The average molecular weight is 376 g/mol. The molecule has 0 saturated heterocycles. The van der Waals surface area contributed by atoms with Gasteiger partial charge in [0.1, 0.15) is 0 Å². The molecule has 0 aliphatic heterocycles. The fourth-order valence-corrected chi connectivity index (χ4v) is 4.05. The van der Waals surface area contributed by atoms with Crippen LogP contribution in [-0.2, 0) is 15.6 Å². The molecule has 1 N–H and O–H groups in total. The number of fused-ring (bicyclic) bond motifs is 1. The Morgan fingerprint density at radius 2 is 1.32 bits per heavy atom. The Bertz CT molecular complexity index is 960. The van der Waals surface area contributed by atoms with Gasteiger partial charge < -0.3 is 5.11 Å². The Morgan fingerprint density at radius 1 is 0.821 bits per heavy atom. The molecule has 0 radical (unpaired) electrons. The van der Waals surface area contributed by atoms with Crippen molar-refractivity contribution in [1.29, 1.82) is 0 Å². The summed E-state index contributed by atoms with van der Waals surface area (Å²) in [5, 5.41) is 8.88. The van der Waals surface area contributed by atoms with E-state index in [1.807, 2.05) is 6.07 Å². The quantitative estimate of drug-likeness (QED) is 0.546. The first kappa shape index (κ1) is 20.1. The van der Waals surface area contributed by atoms with Gasteiger partial charge in [0.2, 0.25) is 0 Å². The van der Waals surface area contributed by atoms with Gasteiger partial charge in [-0.25, -0.2) is 4.79 Å². The minimum absolute atomic E-state index is 0.00611. The van der Waals surface area contributed by atoms with E-state index in [0.717, 1.165) is 18.4 Å². The van der Waals surface area contributed by atoms with E-state index in [4.69, 9.17) is 5.11 Å². The zero-order valence-corrected chi connectivity index (χ0v) is 17.3. The number of aliphatic carboxylic acids is 1. The molecule has 2 aromatic carbocycles. The summed E-state index contributed by atoms with van der Waals surface area (Å²) in [7, 11) is 0. The number of benzene rings is 2. The van der Waals surface area contributed by atoms with E-state index in [-0.39, 0.29) is 16.6 Å². The van der Waals surface area contributed by atoms with E-state index in [1.165, 1.54) is 17.2 Å². The van der Waals surface area contributed by atoms with Crippen LogP contribution >= 0.6 is 0 Å². The van der Waals surface area contributed by atoms with Crippen LogP contribution in [0.2, 0.25) is 0 Å². The molecule has 0 spiro atoms. The fraction of sp³-hybridized carbons (Fsp3) is 0.360. The molecule has 0 unspecified atom stereocenters. The highest BCUT2D eigenvalue weighted by Crippen LogP contribution is 2.46. The highest BCUT2D eigenvalue weighted by Gasteiger charge is 2.37. The van der Waals surface area contributed by atoms with Crippen LogP contribution in [0.4, 0.5) is 0 Å². The molecule has 0 fully saturated rings. The van der Waals surface area contributed by atoms with Crippen LogP contribution in [0.3, 0.4) is 0 Å². The molecule has 3 nitrogen and oxygen atoms in total. The molecule has 0 bridgehead atoms. The van der Waals surface area contributed by atoms with Gasteiger partial charge in [-0.3, -0.25) is 4.79 Å². The molecule has 1 aliphatic rings. The van der Waals surface area contributed by atoms with Crippen LogP contribution in [-0.4, -0.2) is 16.9 Å². The number of allylic oxidation sites excluding steroid dienone is 1. The predicted octanol–water partition coefficient (Wildman–Crippen LogP) is 5.75. The van der Waals surface area contributed by atoms with Crippen molar-refractivity contribution >= 4 is 17.3 Å². The van der Waals surface area contributed by atoms with Crippen molar-refractivity contribution in [1.82, 2.24) is 0 Å². The minimum atomic E-state index is -0.975. The van der Waals surface area contributed by atoms with Crippen LogP contribution in [0.5, 0.6) is 0 Å². The van der Waals surface area contributed by atoms with Gasteiger partial charge in [-0.1, -0.05) is 64.1 Å². The Morgan fingerprint density at radius 3 is 1.89 bits per heavy atom. The lowest BCUT2D eigenvalue weighted by Gasteiger charge is -2.42. The molecule has 2 aromatic rings. The first-order valence-electron chi connectivity index (χ1n) is 9.73. The van der Waals surface area contributed by atoms with E-state index >= 15 is 0 Å². The lowest BCUT2D eigenvalue weighted by molar-refractivity contribution is -0.131. The Labute approximate surface area is 167 Å². The van der Waals surface area contributed by atoms with E-state index in [9.17, 15) is 9.59 Å². The van der Waals surface area contributed by atoms with E-state index < -0.39 is 5.97 Å². The van der Waals surface area contributed by atoms with Crippen molar-refractivity contribution in [3.63, 3.8) is 0 Å². The van der Waals surface area contributed by atoms with E-state index in [1.54, 1.807) is 31.2 Å². The maximum Gasteiger partial charge on any atom is 0.328 e. The molecule has 0 heterocycles. The molecule has 0 aromatic heterocycles. The van der Waals surface area contributed by atoms with Gasteiger partial charge in [-0.05, 0) is 58.9 Å². The van der Waals surface area contributed by atoms with Crippen molar-refractivity contribution in [3.8, 4) is 0 Å².